The highest BCUT2D eigenvalue weighted by molar-refractivity contribution is 5.47. The highest BCUT2D eigenvalue weighted by atomic mass is 16.5. The van der Waals surface area contributed by atoms with Crippen LogP contribution in [0.1, 0.15) is 37.8 Å². The maximum absolute atomic E-state index is 6.37. The first-order chi connectivity index (χ1) is 7.42. The van der Waals surface area contributed by atoms with Gasteiger partial charge in [-0.1, -0.05) is 32.0 Å². The molecule has 0 atom stereocenters. The van der Waals surface area contributed by atoms with Crippen molar-refractivity contribution >= 4 is 0 Å². The molecule has 0 heterocycles. The number of hydrogen-bond donors (Lipinski definition) is 1. The van der Waals surface area contributed by atoms with Crippen molar-refractivity contribution in [3.05, 3.63) is 29.3 Å². The summed E-state index contributed by atoms with van der Waals surface area (Å²) in [4.78, 5) is 0. The van der Waals surface area contributed by atoms with Crippen molar-refractivity contribution < 1.29 is 4.74 Å². The van der Waals surface area contributed by atoms with Gasteiger partial charge in [0.05, 0.1) is 7.11 Å². The molecule has 0 unspecified atom stereocenters. The van der Waals surface area contributed by atoms with Crippen LogP contribution in [0.25, 0.3) is 0 Å². The van der Waals surface area contributed by atoms with Gasteiger partial charge in [-0.25, -0.2) is 0 Å². The lowest BCUT2D eigenvalue weighted by atomic mass is 9.75. The van der Waals surface area contributed by atoms with Crippen LogP contribution in [0.4, 0.5) is 0 Å². The zero-order valence-electron chi connectivity index (χ0n) is 10.6. The molecule has 1 aromatic rings. The molecule has 0 radical (unpaired) electrons. The number of methoxy groups -OCH3 is 1. The molecule has 2 rings (SSSR count). The minimum Gasteiger partial charge on any atom is -0.496 e. The second-order valence-corrected chi connectivity index (χ2v) is 5.44. The van der Waals surface area contributed by atoms with Crippen molar-refractivity contribution in [2.75, 3.05) is 7.11 Å². The number of rotatable bonds is 3. The Kier molecular flexibility index (Phi) is 2.50. The van der Waals surface area contributed by atoms with Crippen molar-refractivity contribution in [1.82, 2.24) is 0 Å². The Bertz CT molecular complexity index is 405. The number of aryl methyl sites for hydroxylation is 1. The number of nitrogens with two attached hydrogens (primary N) is 1. The largest absolute Gasteiger partial charge is 0.496 e. The molecule has 0 aliphatic heterocycles. The predicted molar refractivity (Wildman–Crippen MR) is 66.9 cm³/mol. The molecule has 0 amide bonds. The predicted octanol–water partition coefficient (Wildman–Crippen LogP) is 2.77. The van der Waals surface area contributed by atoms with Crippen molar-refractivity contribution in [2.24, 2.45) is 5.73 Å². The van der Waals surface area contributed by atoms with E-state index in [9.17, 15) is 0 Å². The molecule has 16 heavy (non-hydrogen) atoms. The van der Waals surface area contributed by atoms with E-state index >= 15 is 0 Å². The molecule has 0 spiro atoms. The molecule has 0 saturated heterocycles. The molecule has 0 aromatic heterocycles. The van der Waals surface area contributed by atoms with E-state index in [2.05, 4.69) is 39.0 Å². The molecule has 1 saturated carbocycles. The van der Waals surface area contributed by atoms with Crippen LogP contribution in [0.3, 0.4) is 0 Å². The molecule has 88 valence electrons. The Morgan fingerprint density at radius 1 is 1.31 bits per heavy atom. The van der Waals surface area contributed by atoms with Crippen LogP contribution in [0.5, 0.6) is 5.75 Å². The fourth-order valence-electron chi connectivity index (χ4n) is 2.44. The highest BCUT2D eigenvalue weighted by Gasteiger charge is 2.52. The summed E-state index contributed by atoms with van der Waals surface area (Å²) in [6.45, 7) is 6.52. The van der Waals surface area contributed by atoms with Gasteiger partial charge in [-0.15, -0.1) is 0 Å². The summed E-state index contributed by atoms with van der Waals surface area (Å²) in [5.41, 5.74) is 8.71. The van der Waals surface area contributed by atoms with Gasteiger partial charge in [-0.2, -0.15) is 0 Å². The number of ether oxygens (including phenoxy) is 1. The first-order valence-electron chi connectivity index (χ1n) is 5.85. The van der Waals surface area contributed by atoms with Crippen LogP contribution in [0.15, 0.2) is 18.2 Å². The van der Waals surface area contributed by atoms with Gasteiger partial charge < -0.3 is 10.5 Å². The molecule has 2 nitrogen and oxygen atoms in total. The normalized spacial score (nSPS) is 18.3. The SMILES string of the molecule is COc1c(C)cccc1C(C)(C)C1(N)CC1. The van der Waals surface area contributed by atoms with Crippen LogP contribution < -0.4 is 10.5 Å². The number of para-hydroxylation sites is 1. The minimum absolute atomic E-state index is 0.0234. The van der Waals surface area contributed by atoms with Gasteiger partial charge in [0.2, 0.25) is 0 Å². The van der Waals surface area contributed by atoms with E-state index in [1.165, 1.54) is 11.1 Å². The minimum atomic E-state index is -0.0475. The zero-order valence-corrected chi connectivity index (χ0v) is 10.6. The fourth-order valence-corrected chi connectivity index (χ4v) is 2.44. The summed E-state index contributed by atoms with van der Waals surface area (Å²) < 4.78 is 5.53. The van der Waals surface area contributed by atoms with Crippen molar-refractivity contribution in [3.8, 4) is 5.75 Å². The zero-order chi connectivity index (χ0) is 12.0. The van der Waals surface area contributed by atoms with Crippen molar-refractivity contribution in [2.45, 2.75) is 44.6 Å². The molecule has 1 aromatic carbocycles. The Balaban J connectivity index is 2.51. The van der Waals surface area contributed by atoms with E-state index in [1.807, 2.05) is 0 Å². The van der Waals surface area contributed by atoms with E-state index in [0.29, 0.717) is 0 Å². The molecular weight excluding hydrogens is 198 g/mol. The van der Waals surface area contributed by atoms with Gasteiger partial charge in [0.1, 0.15) is 5.75 Å². The van der Waals surface area contributed by atoms with Gasteiger partial charge in [-0.05, 0) is 25.3 Å². The van der Waals surface area contributed by atoms with Crippen molar-refractivity contribution in [1.29, 1.82) is 0 Å². The monoisotopic (exact) mass is 219 g/mol. The van der Waals surface area contributed by atoms with Gasteiger partial charge >= 0.3 is 0 Å². The Labute approximate surface area is 97.8 Å². The molecule has 2 N–H and O–H groups in total. The summed E-state index contributed by atoms with van der Waals surface area (Å²) in [5, 5.41) is 0. The van der Waals surface area contributed by atoms with Crippen LogP contribution in [-0.2, 0) is 5.41 Å². The maximum atomic E-state index is 6.37. The molecule has 0 bridgehead atoms. The van der Waals surface area contributed by atoms with Gasteiger partial charge in [0, 0.05) is 16.5 Å². The molecular formula is C14H21NO. The third-order valence-corrected chi connectivity index (χ3v) is 4.12. The second-order valence-electron chi connectivity index (χ2n) is 5.44. The quantitative estimate of drug-likeness (QED) is 0.848. The summed E-state index contributed by atoms with van der Waals surface area (Å²) in [6, 6.07) is 6.30. The van der Waals surface area contributed by atoms with Crippen molar-refractivity contribution in [3.63, 3.8) is 0 Å². The lowest BCUT2D eigenvalue weighted by Gasteiger charge is -2.34. The van der Waals surface area contributed by atoms with E-state index < -0.39 is 0 Å². The third kappa shape index (κ3) is 1.52. The topological polar surface area (TPSA) is 35.2 Å². The van der Waals surface area contributed by atoms with Crippen LogP contribution in [0, 0.1) is 6.92 Å². The molecule has 1 aliphatic carbocycles. The first kappa shape index (κ1) is 11.5. The number of hydrogen-bond acceptors (Lipinski definition) is 2. The summed E-state index contributed by atoms with van der Waals surface area (Å²) in [5.74, 6) is 0.990. The highest BCUT2D eigenvalue weighted by Crippen LogP contribution is 2.51. The summed E-state index contributed by atoms with van der Waals surface area (Å²) in [6.07, 6.45) is 2.22. The fraction of sp³-hybridized carbons (Fsp3) is 0.571. The van der Waals surface area contributed by atoms with Gasteiger partial charge in [0.25, 0.3) is 0 Å². The second kappa shape index (κ2) is 3.49. The van der Waals surface area contributed by atoms with Gasteiger partial charge in [0.15, 0.2) is 0 Å². The third-order valence-electron chi connectivity index (χ3n) is 4.12. The van der Waals surface area contributed by atoms with Crippen LogP contribution in [0.2, 0.25) is 0 Å². The van der Waals surface area contributed by atoms with E-state index in [1.54, 1.807) is 7.11 Å². The average Bonchev–Trinajstić information content (AvgIpc) is 2.97. The molecule has 2 heteroatoms. The first-order valence-corrected chi connectivity index (χ1v) is 5.85. The summed E-state index contributed by atoms with van der Waals surface area (Å²) >= 11 is 0. The average molecular weight is 219 g/mol. The Morgan fingerprint density at radius 3 is 2.44 bits per heavy atom. The van der Waals surface area contributed by atoms with E-state index in [0.717, 1.165) is 18.6 Å². The van der Waals surface area contributed by atoms with Crippen LogP contribution >= 0.6 is 0 Å². The van der Waals surface area contributed by atoms with E-state index in [-0.39, 0.29) is 11.0 Å². The smallest absolute Gasteiger partial charge is 0.125 e. The Morgan fingerprint density at radius 2 is 1.94 bits per heavy atom. The lowest BCUT2D eigenvalue weighted by molar-refractivity contribution is 0.352. The number of benzene rings is 1. The lowest BCUT2D eigenvalue weighted by Crippen LogP contribution is -2.43. The van der Waals surface area contributed by atoms with E-state index in [4.69, 9.17) is 10.5 Å². The Hall–Kier alpha value is -1.02. The maximum Gasteiger partial charge on any atom is 0.125 e. The van der Waals surface area contributed by atoms with Gasteiger partial charge in [-0.3, -0.25) is 0 Å². The molecule has 1 fully saturated rings. The van der Waals surface area contributed by atoms with Crippen LogP contribution in [-0.4, -0.2) is 12.6 Å². The summed E-state index contributed by atoms with van der Waals surface area (Å²) in [7, 11) is 1.73. The standard InChI is InChI=1S/C14H21NO/c1-10-6-5-7-11(12(10)16-4)13(2,3)14(15)8-9-14/h5-7H,8-9,15H2,1-4H3. The molecule has 1 aliphatic rings.